The van der Waals surface area contributed by atoms with Crippen LogP contribution in [0.25, 0.3) is 0 Å². The largest absolute Gasteiger partial charge is 0.378 e. The molecule has 1 fully saturated rings. The van der Waals surface area contributed by atoms with E-state index in [1.54, 1.807) is 0 Å². The minimum Gasteiger partial charge on any atom is -0.378 e. The molecule has 2 rings (SSSR count). The number of hydrogen-bond donors (Lipinski definition) is 1. The molecule has 1 aromatic carbocycles. The lowest BCUT2D eigenvalue weighted by molar-refractivity contribution is -0.137. The Hall–Kier alpha value is -0.910. The molecule has 0 aromatic heterocycles. The van der Waals surface area contributed by atoms with E-state index in [0.29, 0.717) is 32.8 Å². The van der Waals surface area contributed by atoms with Crippen molar-refractivity contribution in [1.82, 2.24) is 10.2 Å². The quantitative estimate of drug-likeness (QED) is 0.917. The van der Waals surface area contributed by atoms with Crippen molar-refractivity contribution in [2.45, 2.75) is 19.5 Å². The van der Waals surface area contributed by atoms with Crippen LogP contribution in [0.15, 0.2) is 28.7 Å². The molecular weight excluding hydrogens is 308 g/mol. The Morgan fingerprint density at radius 1 is 1.47 bits per heavy atom. The second-order valence-electron chi connectivity index (χ2n) is 4.67. The van der Waals surface area contributed by atoms with Crippen molar-refractivity contribution >= 4 is 21.8 Å². The first-order valence-electron chi connectivity index (χ1n) is 6.51. The van der Waals surface area contributed by atoms with E-state index in [1.807, 2.05) is 30.0 Å². The summed E-state index contributed by atoms with van der Waals surface area (Å²) in [6.07, 6.45) is 0. The highest BCUT2D eigenvalue weighted by Gasteiger charge is 2.21. The topological polar surface area (TPSA) is 41.6 Å². The number of carbonyl (C=O) groups excluding carboxylic acids is 1. The number of carbonyl (C=O) groups is 1. The van der Waals surface area contributed by atoms with E-state index in [9.17, 15) is 4.79 Å². The molecule has 1 heterocycles. The molecule has 1 aliphatic heterocycles. The Bertz CT molecular complexity index is 433. The van der Waals surface area contributed by atoms with E-state index in [-0.39, 0.29) is 11.9 Å². The maximum absolute atomic E-state index is 12.2. The van der Waals surface area contributed by atoms with Gasteiger partial charge in [-0.25, -0.2) is 0 Å². The summed E-state index contributed by atoms with van der Waals surface area (Å²) in [4.78, 5) is 14.0. The molecule has 1 amide bonds. The fourth-order valence-electron chi connectivity index (χ4n) is 2.06. The lowest BCUT2D eigenvalue weighted by Crippen LogP contribution is -2.49. The SMILES string of the molecule is CC(NCc1cccc(Br)c1)C(=O)N1CCOCC1. The van der Waals surface area contributed by atoms with Gasteiger partial charge in [0.15, 0.2) is 0 Å². The molecule has 1 unspecified atom stereocenters. The molecule has 1 aliphatic rings. The maximum Gasteiger partial charge on any atom is 0.239 e. The van der Waals surface area contributed by atoms with Crippen LogP contribution in [0.5, 0.6) is 0 Å². The van der Waals surface area contributed by atoms with Gasteiger partial charge in [-0.15, -0.1) is 0 Å². The second-order valence-corrected chi connectivity index (χ2v) is 5.59. The highest BCUT2D eigenvalue weighted by molar-refractivity contribution is 9.10. The van der Waals surface area contributed by atoms with Crippen LogP contribution in [0, 0.1) is 0 Å². The molecular formula is C14H19BrN2O2. The van der Waals surface area contributed by atoms with Crippen LogP contribution in [0.4, 0.5) is 0 Å². The van der Waals surface area contributed by atoms with Gasteiger partial charge in [0.1, 0.15) is 0 Å². The Kier molecular flexibility index (Phi) is 5.36. The zero-order chi connectivity index (χ0) is 13.7. The summed E-state index contributed by atoms with van der Waals surface area (Å²) in [7, 11) is 0. The van der Waals surface area contributed by atoms with Crippen molar-refractivity contribution in [2.24, 2.45) is 0 Å². The molecule has 0 saturated carbocycles. The van der Waals surface area contributed by atoms with E-state index >= 15 is 0 Å². The highest BCUT2D eigenvalue weighted by Crippen LogP contribution is 2.11. The number of nitrogens with zero attached hydrogens (tertiary/aromatic N) is 1. The lowest BCUT2D eigenvalue weighted by Gasteiger charge is -2.29. The lowest BCUT2D eigenvalue weighted by atomic mass is 10.2. The third-order valence-corrected chi connectivity index (χ3v) is 3.69. The minimum absolute atomic E-state index is 0.151. The van der Waals surface area contributed by atoms with Crippen LogP contribution in [0.1, 0.15) is 12.5 Å². The van der Waals surface area contributed by atoms with Crippen LogP contribution in [-0.4, -0.2) is 43.2 Å². The van der Waals surface area contributed by atoms with Gasteiger partial charge in [0.05, 0.1) is 19.3 Å². The van der Waals surface area contributed by atoms with Gasteiger partial charge in [-0.1, -0.05) is 28.1 Å². The summed E-state index contributed by atoms with van der Waals surface area (Å²) in [5, 5.41) is 3.27. The molecule has 5 heteroatoms. The zero-order valence-electron chi connectivity index (χ0n) is 11.1. The summed E-state index contributed by atoms with van der Waals surface area (Å²) < 4.78 is 6.31. The maximum atomic E-state index is 12.2. The third-order valence-electron chi connectivity index (χ3n) is 3.19. The number of benzene rings is 1. The number of nitrogens with one attached hydrogen (secondary N) is 1. The fraction of sp³-hybridized carbons (Fsp3) is 0.500. The molecule has 0 bridgehead atoms. The zero-order valence-corrected chi connectivity index (χ0v) is 12.6. The van der Waals surface area contributed by atoms with E-state index in [4.69, 9.17) is 4.74 Å². The monoisotopic (exact) mass is 326 g/mol. The first kappa shape index (κ1) is 14.5. The summed E-state index contributed by atoms with van der Waals surface area (Å²) in [6, 6.07) is 7.92. The van der Waals surface area contributed by atoms with Crippen LogP contribution >= 0.6 is 15.9 Å². The Balaban J connectivity index is 1.83. The van der Waals surface area contributed by atoms with Crippen LogP contribution < -0.4 is 5.32 Å². The van der Waals surface area contributed by atoms with Gasteiger partial charge in [0.2, 0.25) is 5.91 Å². The average Bonchev–Trinajstić information content (AvgIpc) is 2.45. The van der Waals surface area contributed by atoms with Gasteiger partial charge in [-0.2, -0.15) is 0 Å². The normalized spacial score (nSPS) is 17.3. The number of ether oxygens (including phenoxy) is 1. The third kappa shape index (κ3) is 4.30. The fourth-order valence-corrected chi connectivity index (χ4v) is 2.51. The molecule has 1 N–H and O–H groups in total. The molecule has 0 aliphatic carbocycles. The molecule has 104 valence electrons. The number of amides is 1. The molecule has 1 saturated heterocycles. The van der Waals surface area contributed by atoms with Crippen molar-refractivity contribution in [3.63, 3.8) is 0 Å². The van der Waals surface area contributed by atoms with Gasteiger partial charge < -0.3 is 15.0 Å². The average molecular weight is 327 g/mol. The molecule has 1 atom stereocenters. The summed E-state index contributed by atoms with van der Waals surface area (Å²) >= 11 is 3.44. The van der Waals surface area contributed by atoms with E-state index < -0.39 is 0 Å². The Morgan fingerprint density at radius 3 is 2.89 bits per heavy atom. The summed E-state index contributed by atoms with van der Waals surface area (Å²) in [6.45, 7) is 5.28. The Labute approximate surface area is 122 Å². The van der Waals surface area contributed by atoms with Crippen LogP contribution in [0.3, 0.4) is 0 Å². The van der Waals surface area contributed by atoms with Gasteiger partial charge >= 0.3 is 0 Å². The molecule has 1 aromatic rings. The number of rotatable bonds is 4. The molecule has 4 nitrogen and oxygen atoms in total. The van der Waals surface area contributed by atoms with Crippen LogP contribution in [-0.2, 0) is 16.1 Å². The van der Waals surface area contributed by atoms with Gasteiger partial charge in [-0.3, -0.25) is 4.79 Å². The van der Waals surface area contributed by atoms with Crippen molar-refractivity contribution in [3.05, 3.63) is 34.3 Å². The highest BCUT2D eigenvalue weighted by atomic mass is 79.9. The van der Waals surface area contributed by atoms with Crippen molar-refractivity contribution in [2.75, 3.05) is 26.3 Å². The number of halogens is 1. The predicted molar refractivity (Wildman–Crippen MR) is 77.8 cm³/mol. The molecule has 0 spiro atoms. The predicted octanol–water partition coefficient (Wildman–Crippen LogP) is 1.79. The van der Waals surface area contributed by atoms with Crippen molar-refractivity contribution in [1.29, 1.82) is 0 Å². The number of hydrogen-bond acceptors (Lipinski definition) is 3. The summed E-state index contributed by atoms with van der Waals surface area (Å²) in [5.41, 5.74) is 1.16. The van der Waals surface area contributed by atoms with Gasteiger partial charge in [0.25, 0.3) is 0 Å². The second kappa shape index (κ2) is 7.03. The Morgan fingerprint density at radius 2 is 2.21 bits per heavy atom. The van der Waals surface area contributed by atoms with Gasteiger partial charge in [-0.05, 0) is 24.6 Å². The van der Waals surface area contributed by atoms with E-state index in [1.165, 1.54) is 0 Å². The smallest absolute Gasteiger partial charge is 0.239 e. The first-order chi connectivity index (χ1) is 9.16. The van der Waals surface area contributed by atoms with Crippen LogP contribution in [0.2, 0.25) is 0 Å². The minimum atomic E-state index is -0.169. The van der Waals surface area contributed by atoms with Gasteiger partial charge in [0, 0.05) is 24.1 Å². The number of morpholine rings is 1. The van der Waals surface area contributed by atoms with Crippen molar-refractivity contribution in [3.8, 4) is 0 Å². The van der Waals surface area contributed by atoms with Crippen molar-refractivity contribution < 1.29 is 9.53 Å². The first-order valence-corrected chi connectivity index (χ1v) is 7.30. The molecule has 0 radical (unpaired) electrons. The summed E-state index contributed by atoms with van der Waals surface area (Å²) in [5.74, 6) is 0.151. The van der Waals surface area contributed by atoms with E-state index in [0.717, 1.165) is 10.0 Å². The standard InChI is InChI=1S/C14H19BrN2O2/c1-11(14(18)17-5-7-19-8-6-17)16-10-12-3-2-4-13(15)9-12/h2-4,9,11,16H,5-8,10H2,1H3. The van der Waals surface area contributed by atoms with E-state index in [2.05, 4.69) is 27.3 Å². The molecule has 19 heavy (non-hydrogen) atoms.